The molecule has 1 fully saturated rings. The van der Waals surface area contributed by atoms with Gasteiger partial charge in [-0.2, -0.15) is 4.98 Å². The Balaban J connectivity index is 2.03. The first-order chi connectivity index (χ1) is 10.4. The molecule has 0 aliphatic heterocycles. The van der Waals surface area contributed by atoms with Gasteiger partial charge in [0.2, 0.25) is 0 Å². The molecule has 6 nitrogen and oxygen atoms in total. The van der Waals surface area contributed by atoms with Crippen molar-refractivity contribution in [1.29, 1.82) is 0 Å². The van der Waals surface area contributed by atoms with Crippen molar-refractivity contribution in [2.45, 2.75) is 36.6 Å². The highest BCUT2D eigenvalue weighted by atomic mass is 32.2. The molecule has 1 aliphatic carbocycles. The van der Waals surface area contributed by atoms with E-state index >= 15 is 0 Å². The summed E-state index contributed by atoms with van der Waals surface area (Å²) in [4.78, 5) is 4.17. The summed E-state index contributed by atoms with van der Waals surface area (Å²) >= 11 is 0. The van der Waals surface area contributed by atoms with E-state index < -0.39 is 21.2 Å². The number of nitrogens with two attached hydrogens (primary N) is 1. The lowest BCUT2D eigenvalue weighted by atomic mass is 9.77. The summed E-state index contributed by atoms with van der Waals surface area (Å²) in [5.74, 6) is -0.418. The number of nitrogens with zero attached hydrogens (tertiary/aromatic N) is 2. The maximum atomic E-state index is 14.0. The number of benzene rings is 1. The van der Waals surface area contributed by atoms with Gasteiger partial charge in [-0.25, -0.2) is 12.8 Å². The predicted octanol–water partition coefficient (Wildman–Crippen LogP) is 2.01. The zero-order valence-electron chi connectivity index (χ0n) is 12.0. The van der Waals surface area contributed by atoms with Gasteiger partial charge in [-0.15, -0.1) is 0 Å². The standard InChI is InChI=1S/C14H16FN3O3S/c1-2-22(19,20)9-4-5-11(15)10(8-9)12-17-13(18-21-12)14(16)6-3-7-14/h4-5,8H,2-3,6-7,16H2,1H3. The first-order valence-electron chi connectivity index (χ1n) is 7.01. The topological polar surface area (TPSA) is 99.1 Å². The number of rotatable bonds is 4. The largest absolute Gasteiger partial charge is 0.334 e. The Bertz CT molecular complexity index is 812. The fourth-order valence-electron chi connectivity index (χ4n) is 2.34. The van der Waals surface area contributed by atoms with Crippen LogP contribution in [0.2, 0.25) is 0 Å². The molecule has 0 spiro atoms. The molecule has 1 aromatic heterocycles. The lowest BCUT2D eigenvalue weighted by molar-refractivity contribution is 0.229. The van der Waals surface area contributed by atoms with Crippen LogP contribution < -0.4 is 5.73 Å². The summed E-state index contributed by atoms with van der Waals surface area (Å²) in [6.07, 6.45) is 2.48. The van der Waals surface area contributed by atoms with Gasteiger partial charge in [-0.3, -0.25) is 0 Å². The fourth-order valence-corrected chi connectivity index (χ4v) is 3.25. The highest BCUT2D eigenvalue weighted by molar-refractivity contribution is 7.91. The number of sulfone groups is 1. The van der Waals surface area contributed by atoms with Gasteiger partial charge in [-0.05, 0) is 37.5 Å². The van der Waals surface area contributed by atoms with E-state index in [1.165, 1.54) is 19.1 Å². The molecular weight excluding hydrogens is 309 g/mol. The molecule has 118 valence electrons. The summed E-state index contributed by atoms with van der Waals surface area (Å²) < 4.78 is 42.9. The zero-order valence-corrected chi connectivity index (χ0v) is 12.9. The second-order valence-electron chi connectivity index (χ2n) is 5.48. The van der Waals surface area contributed by atoms with Crippen LogP contribution in [0, 0.1) is 5.82 Å². The van der Waals surface area contributed by atoms with E-state index in [4.69, 9.17) is 10.3 Å². The molecule has 2 aromatic rings. The summed E-state index contributed by atoms with van der Waals surface area (Å²) in [5.41, 5.74) is 5.45. The van der Waals surface area contributed by atoms with E-state index in [1.54, 1.807) is 0 Å². The minimum absolute atomic E-state index is 0.0252. The van der Waals surface area contributed by atoms with Crippen molar-refractivity contribution in [3.05, 3.63) is 29.8 Å². The highest BCUT2D eigenvalue weighted by Crippen LogP contribution is 2.38. The van der Waals surface area contributed by atoms with Crippen LogP contribution in [-0.4, -0.2) is 24.3 Å². The van der Waals surface area contributed by atoms with Crippen LogP contribution in [0.15, 0.2) is 27.6 Å². The first-order valence-corrected chi connectivity index (χ1v) is 8.67. The van der Waals surface area contributed by atoms with E-state index in [1.807, 2.05) is 0 Å². The van der Waals surface area contributed by atoms with Crippen molar-refractivity contribution < 1.29 is 17.3 Å². The van der Waals surface area contributed by atoms with Crippen molar-refractivity contribution in [3.8, 4) is 11.5 Å². The summed E-state index contributed by atoms with van der Waals surface area (Å²) in [6.45, 7) is 1.53. The van der Waals surface area contributed by atoms with Gasteiger partial charge in [-0.1, -0.05) is 12.1 Å². The Morgan fingerprint density at radius 3 is 2.73 bits per heavy atom. The number of aromatic nitrogens is 2. The van der Waals surface area contributed by atoms with Crippen LogP contribution in [0.3, 0.4) is 0 Å². The van der Waals surface area contributed by atoms with Crippen LogP contribution in [0.25, 0.3) is 11.5 Å². The molecule has 2 N–H and O–H groups in total. The molecule has 1 aromatic carbocycles. The lowest BCUT2D eigenvalue weighted by Crippen LogP contribution is -2.44. The van der Waals surface area contributed by atoms with Crippen LogP contribution in [-0.2, 0) is 15.4 Å². The van der Waals surface area contributed by atoms with Crippen LogP contribution in [0.4, 0.5) is 4.39 Å². The molecule has 8 heteroatoms. The Kier molecular flexibility index (Phi) is 3.53. The van der Waals surface area contributed by atoms with E-state index in [-0.39, 0.29) is 22.1 Å². The van der Waals surface area contributed by atoms with Gasteiger partial charge in [0.25, 0.3) is 5.89 Å². The van der Waals surface area contributed by atoms with Gasteiger partial charge >= 0.3 is 0 Å². The van der Waals surface area contributed by atoms with Crippen LogP contribution in [0.1, 0.15) is 32.0 Å². The molecule has 1 heterocycles. The third kappa shape index (κ3) is 2.42. The maximum Gasteiger partial charge on any atom is 0.261 e. The zero-order chi connectivity index (χ0) is 16.0. The van der Waals surface area contributed by atoms with Gasteiger partial charge in [0.05, 0.1) is 21.8 Å². The molecule has 1 aliphatic rings. The van der Waals surface area contributed by atoms with E-state index in [0.717, 1.165) is 25.3 Å². The minimum atomic E-state index is -3.44. The van der Waals surface area contributed by atoms with Gasteiger partial charge < -0.3 is 10.3 Å². The van der Waals surface area contributed by atoms with Gasteiger partial charge in [0.15, 0.2) is 15.7 Å². The third-order valence-corrected chi connectivity index (χ3v) is 5.76. The molecule has 22 heavy (non-hydrogen) atoms. The SMILES string of the molecule is CCS(=O)(=O)c1ccc(F)c(-c2nc(C3(N)CCC3)no2)c1. The number of hydrogen-bond acceptors (Lipinski definition) is 6. The van der Waals surface area contributed by atoms with Crippen LogP contribution in [0.5, 0.6) is 0 Å². The van der Waals surface area contributed by atoms with E-state index in [9.17, 15) is 12.8 Å². The molecule has 0 radical (unpaired) electrons. The normalized spacial score (nSPS) is 17.2. The molecule has 0 unspecified atom stereocenters. The van der Waals surface area contributed by atoms with Crippen molar-refractivity contribution >= 4 is 9.84 Å². The van der Waals surface area contributed by atoms with Gasteiger partial charge in [0.1, 0.15) is 5.82 Å². The minimum Gasteiger partial charge on any atom is -0.334 e. The summed E-state index contributed by atoms with van der Waals surface area (Å²) in [7, 11) is -3.44. The first kappa shape index (κ1) is 15.1. The quantitative estimate of drug-likeness (QED) is 0.863. The Morgan fingerprint density at radius 2 is 2.14 bits per heavy atom. The van der Waals surface area contributed by atoms with Crippen molar-refractivity contribution in [2.75, 3.05) is 5.75 Å². The number of hydrogen-bond donors (Lipinski definition) is 1. The average Bonchev–Trinajstić information content (AvgIpc) is 2.95. The Labute approximate surface area is 127 Å². The Morgan fingerprint density at radius 1 is 1.41 bits per heavy atom. The monoisotopic (exact) mass is 325 g/mol. The van der Waals surface area contributed by atoms with Crippen LogP contribution >= 0.6 is 0 Å². The third-order valence-electron chi connectivity index (χ3n) is 4.02. The predicted molar refractivity (Wildman–Crippen MR) is 77.1 cm³/mol. The number of halogens is 1. The summed E-state index contributed by atoms with van der Waals surface area (Å²) in [5, 5.41) is 3.81. The smallest absolute Gasteiger partial charge is 0.261 e. The molecule has 3 rings (SSSR count). The molecule has 0 amide bonds. The molecule has 0 bridgehead atoms. The molecular formula is C14H16FN3O3S. The van der Waals surface area contributed by atoms with Crippen molar-refractivity contribution in [3.63, 3.8) is 0 Å². The lowest BCUT2D eigenvalue weighted by Gasteiger charge is -2.34. The summed E-state index contributed by atoms with van der Waals surface area (Å²) in [6, 6.07) is 3.53. The maximum absolute atomic E-state index is 14.0. The fraction of sp³-hybridized carbons (Fsp3) is 0.429. The van der Waals surface area contributed by atoms with Gasteiger partial charge in [0, 0.05) is 0 Å². The van der Waals surface area contributed by atoms with Crippen molar-refractivity contribution in [1.82, 2.24) is 10.1 Å². The molecule has 1 saturated carbocycles. The highest BCUT2D eigenvalue weighted by Gasteiger charge is 2.39. The van der Waals surface area contributed by atoms with E-state index in [2.05, 4.69) is 10.1 Å². The molecule has 0 saturated heterocycles. The van der Waals surface area contributed by atoms with Crippen molar-refractivity contribution in [2.24, 2.45) is 5.73 Å². The second kappa shape index (κ2) is 5.13. The molecule has 0 atom stereocenters. The Hall–Kier alpha value is -1.80. The van der Waals surface area contributed by atoms with E-state index in [0.29, 0.717) is 5.82 Å². The average molecular weight is 325 g/mol. The second-order valence-corrected chi connectivity index (χ2v) is 7.76.